The third-order valence-electron chi connectivity index (χ3n) is 5.41. The van der Waals surface area contributed by atoms with E-state index in [1.807, 2.05) is 67.6 Å². The van der Waals surface area contributed by atoms with Gasteiger partial charge in [0.15, 0.2) is 0 Å². The highest BCUT2D eigenvalue weighted by Gasteiger charge is 2.16. The Hall–Kier alpha value is -3.46. The number of hydrogen-bond donors (Lipinski definition) is 1. The topological polar surface area (TPSA) is 42.0 Å². The summed E-state index contributed by atoms with van der Waals surface area (Å²) in [5.74, 6) is -0.0926. The molecule has 0 saturated heterocycles. The van der Waals surface area contributed by atoms with Crippen LogP contribution in [0, 0.1) is 13.8 Å². The molecule has 3 heteroatoms. The van der Waals surface area contributed by atoms with Crippen molar-refractivity contribution in [1.82, 2.24) is 10.3 Å². The maximum atomic E-state index is 13.2. The summed E-state index contributed by atoms with van der Waals surface area (Å²) in [7, 11) is 0. The van der Waals surface area contributed by atoms with Crippen LogP contribution in [-0.4, -0.2) is 10.9 Å². The molecule has 1 amide bonds. The van der Waals surface area contributed by atoms with Gasteiger partial charge in [-0.1, -0.05) is 60.7 Å². The van der Waals surface area contributed by atoms with Crippen LogP contribution in [0.15, 0.2) is 78.9 Å². The van der Waals surface area contributed by atoms with Crippen molar-refractivity contribution < 1.29 is 4.79 Å². The number of aromatic nitrogens is 1. The average Bonchev–Trinajstić information content (AvgIpc) is 2.75. The van der Waals surface area contributed by atoms with E-state index < -0.39 is 0 Å². The van der Waals surface area contributed by atoms with Gasteiger partial charge in [-0.25, -0.2) is 4.98 Å². The molecule has 1 aromatic heterocycles. The second kappa shape index (κ2) is 7.88. The zero-order valence-corrected chi connectivity index (χ0v) is 16.9. The van der Waals surface area contributed by atoms with E-state index in [2.05, 4.69) is 37.4 Å². The maximum Gasteiger partial charge on any atom is 0.252 e. The van der Waals surface area contributed by atoms with E-state index in [0.717, 1.165) is 27.7 Å². The summed E-state index contributed by atoms with van der Waals surface area (Å²) in [6.45, 7) is 6.19. The summed E-state index contributed by atoms with van der Waals surface area (Å²) >= 11 is 0. The smallest absolute Gasteiger partial charge is 0.252 e. The van der Waals surface area contributed by atoms with Gasteiger partial charge in [-0.2, -0.15) is 0 Å². The lowest BCUT2D eigenvalue weighted by Gasteiger charge is -2.16. The Kier molecular flexibility index (Phi) is 5.13. The lowest BCUT2D eigenvalue weighted by atomic mass is 10.00. The van der Waals surface area contributed by atoms with Crippen LogP contribution in [0.2, 0.25) is 0 Å². The molecule has 0 aliphatic carbocycles. The van der Waals surface area contributed by atoms with Gasteiger partial charge in [0.05, 0.1) is 22.8 Å². The summed E-state index contributed by atoms with van der Waals surface area (Å²) in [4.78, 5) is 18.0. The van der Waals surface area contributed by atoms with Gasteiger partial charge in [-0.15, -0.1) is 0 Å². The first kappa shape index (κ1) is 18.9. The number of hydrogen-bond acceptors (Lipinski definition) is 2. The molecule has 0 saturated carbocycles. The van der Waals surface area contributed by atoms with Gasteiger partial charge in [-0.05, 0) is 55.7 Å². The predicted molar refractivity (Wildman–Crippen MR) is 119 cm³/mol. The highest BCUT2D eigenvalue weighted by atomic mass is 16.1. The number of benzene rings is 3. The summed E-state index contributed by atoms with van der Waals surface area (Å²) in [6, 6.07) is 25.9. The highest BCUT2D eigenvalue weighted by Crippen LogP contribution is 2.27. The van der Waals surface area contributed by atoms with E-state index in [0.29, 0.717) is 5.56 Å². The van der Waals surface area contributed by atoms with Gasteiger partial charge in [0, 0.05) is 10.9 Å². The average molecular weight is 380 g/mol. The summed E-state index contributed by atoms with van der Waals surface area (Å²) in [5, 5.41) is 4.00. The molecule has 1 heterocycles. The molecule has 0 aliphatic rings. The Morgan fingerprint density at radius 2 is 1.59 bits per heavy atom. The van der Waals surface area contributed by atoms with Crippen molar-refractivity contribution in [2.75, 3.05) is 0 Å². The lowest BCUT2D eigenvalue weighted by molar-refractivity contribution is 0.0941. The number of nitrogens with zero attached hydrogens (tertiary/aromatic N) is 1. The number of amides is 1. The number of para-hydroxylation sites is 1. The molecule has 0 bridgehead atoms. The SMILES string of the molecule is Cc1ccc(-c2cc(C(=O)N[C@@H](C)c3ccccc3)c3ccccc3n2)cc1C. The maximum absolute atomic E-state index is 13.2. The van der Waals surface area contributed by atoms with Crippen LogP contribution in [0.5, 0.6) is 0 Å². The number of carbonyl (C=O) groups excluding carboxylic acids is 1. The standard InChI is InChI=1S/C26H24N2O/c1-17-13-14-21(15-18(17)2)25-16-23(22-11-7-8-12-24(22)28-25)26(29)27-19(3)20-9-5-4-6-10-20/h4-16,19H,1-3H3,(H,27,29)/t19-/m0/s1. The van der Waals surface area contributed by atoms with Crippen LogP contribution >= 0.6 is 0 Å². The molecule has 0 radical (unpaired) electrons. The monoisotopic (exact) mass is 380 g/mol. The van der Waals surface area contributed by atoms with E-state index in [1.165, 1.54) is 11.1 Å². The molecule has 1 N–H and O–H groups in total. The van der Waals surface area contributed by atoms with E-state index >= 15 is 0 Å². The van der Waals surface area contributed by atoms with Crippen LogP contribution in [0.4, 0.5) is 0 Å². The molecule has 0 spiro atoms. The van der Waals surface area contributed by atoms with Crippen LogP contribution in [0.3, 0.4) is 0 Å². The third kappa shape index (κ3) is 3.90. The van der Waals surface area contributed by atoms with Crippen molar-refractivity contribution in [2.45, 2.75) is 26.8 Å². The van der Waals surface area contributed by atoms with Gasteiger partial charge in [0.2, 0.25) is 0 Å². The fourth-order valence-electron chi connectivity index (χ4n) is 3.51. The van der Waals surface area contributed by atoms with E-state index in [9.17, 15) is 4.79 Å². The zero-order chi connectivity index (χ0) is 20.4. The van der Waals surface area contributed by atoms with Crippen molar-refractivity contribution in [3.8, 4) is 11.3 Å². The van der Waals surface area contributed by atoms with Crippen molar-refractivity contribution in [2.24, 2.45) is 0 Å². The Balaban J connectivity index is 1.76. The van der Waals surface area contributed by atoms with Crippen molar-refractivity contribution in [1.29, 1.82) is 0 Å². The highest BCUT2D eigenvalue weighted by molar-refractivity contribution is 6.07. The molecule has 0 fully saturated rings. The van der Waals surface area contributed by atoms with Crippen LogP contribution < -0.4 is 5.32 Å². The van der Waals surface area contributed by atoms with Gasteiger partial charge < -0.3 is 5.32 Å². The van der Waals surface area contributed by atoms with Gasteiger partial charge in [-0.3, -0.25) is 4.79 Å². The quantitative estimate of drug-likeness (QED) is 0.471. The predicted octanol–water partition coefficient (Wildman–Crippen LogP) is 6.01. The number of carbonyl (C=O) groups is 1. The fourth-order valence-corrected chi connectivity index (χ4v) is 3.51. The minimum atomic E-state index is -0.0926. The molecule has 4 rings (SSSR count). The summed E-state index contributed by atoms with van der Waals surface area (Å²) in [5.41, 5.74) is 6.82. The van der Waals surface area contributed by atoms with Crippen molar-refractivity contribution in [3.05, 3.63) is 101 Å². The largest absolute Gasteiger partial charge is 0.345 e. The second-order valence-corrected chi connectivity index (χ2v) is 7.48. The molecule has 3 nitrogen and oxygen atoms in total. The number of nitrogens with one attached hydrogen (secondary N) is 1. The Labute approximate surface area is 171 Å². The van der Waals surface area contributed by atoms with E-state index in [1.54, 1.807) is 0 Å². The van der Waals surface area contributed by atoms with Crippen molar-refractivity contribution in [3.63, 3.8) is 0 Å². The Bertz CT molecular complexity index is 1180. The molecule has 0 unspecified atom stereocenters. The number of rotatable bonds is 4. The molecule has 144 valence electrons. The molecule has 1 atom stereocenters. The first-order valence-corrected chi connectivity index (χ1v) is 9.86. The van der Waals surface area contributed by atoms with Gasteiger partial charge in [0.1, 0.15) is 0 Å². The van der Waals surface area contributed by atoms with Crippen molar-refractivity contribution >= 4 is 16.8 Å². The fraction of sp³-hybridized carbons (Fsp3) is 0.154. The van der Waals surface area contributed by atoms with E-state index in [4.69, 9.17) is 4.98 Å². The Morgan fingerprint density at radius 3 is 2.34 bits per heavy atom. The minimum absolute atomic E-state index is 0.0827. The number of fused-ring (bicyclic) bond motifs is 1. The molecule has 29 heavy (non-hydrogen) atoms. The van der Waals surface area contributed by atoms with E-state index in [-0.39, 0.29) is 11.9 Å². The first-order chi connectivity index (χ1) is 14.0. The van der Waals surface area contributed by atoms with Crippen LogP contribution in [0.1, 0.15) is 40.0 Å². The van der Waals surface area contributed by atoms with Gasteiger partial charge in [0.25, 0.3) is 5.91 Å². The minimum Gasteiger partial charge on any atom is -0.345 e. The first-order valence-electron chi connectivity index (χ1n) is 9.86. The Morgan fingerprint density at radius 1 is 0.862 bits per heavy atom. The molecular formula is C26H24N2O. The molecular weight excluding hydrogens is 356 g/mol. The van der Waals surface area contributed by atoms with Gasteiger partial charge >= 0.3 is 0 Å². The number of pyridine rings is 1. The molecule has 4 aromatic rings. The van der Waals surface area contributed by atoms with Crippen LogP contribution in [-0.2, 0) is 0 Å². The molecule has 0 aliphatic heterocycles. The second-order valence-electron chi connectivity index (χ2n) is 7.48. The lowest BCUT2D eigenvalue weighted by Crippen LogP contribution is -2.27. The number of aryl methyl sites for hydroxylation is 2. The summed E-state index contributed by atoms with van der Waals surface area (Å²) < 4.78 is 0. The molecule has 3 aromatic carbocycles. The zero-order valence-electron chi connectivity index (χ0n) is 16.9. The normalized spacial score (nSPS) is 12.0. The third-order valence-corrected chi connectivity index (χ3v) is 5.41. The summed E-state index contributed by atoms with van der Waals surface area (Å²) in [6.07, 6.45) is 0. The van der Waals surface area contributed by atoms with Crippen LogP contribution in [0.25, 0.3) is 22.2 Å².